The molecule has 1 aromatic carbocycles. The zero-order valence-electron chi connectivity index (χ0n) is 16.1. The van der Waals surface area contributed by atoms with Crippen molar-refractivity contribution in [1.29, 1.82) is 5.26 Å². The molecule has 0 spiro atoms. The zero-order valence-corrected chi connectivity index (χ0v) is 16.1. The summed E-state index contributed by atoms with van der Waals surface area (Å²) in [5.74, 6) is 1.04. The standard InChI is InChI=1S/C22H24N6/c1-2-27-9-11-28(12-10-27)22-8-7-17(16-25-22)15-24-21-13-18(14-23)26-20-6-4-3-5-19(20)21/h3-8,13,16H,2,9-12,15H2,1H3,(H,24,26). The number of likely N-dealkylation sites (N-methyl/N-ethyl adjacent to an activating group) is 1. The van der Waals surface area contributed by atoms with Crippen molar-refractivity contribution in [3.63, 3.8) is 0 Å². The molecule has 6 nitrogen and oxygen atoms in total. The molecule has 28 heavy (non-hydrogen) atoms. The Labute approximate surface area is 165 Å². The average molecular weight is 372 g/mol. The molecule has 4 rings (SSSR count). The Balaban J connectivity index is 1.45. The average Bonchev–Trinajstić information content (AvgIpc) is 2.77. The van der Waals surface area contributed by atoms with E-state index >= 15 is 0 Å². The van der Waals surface area contributed by atoms with Gasteiger partial charge in [-0.05, 0) is 30.3 Å². The lowest BCUT2D eigenvalue weighted by Gasteiger charge is -2.34. The quantitative estimate of drug-likeness (QED) is 0.741. The van der Waals surface area contributed by atoms with E-state index < -0.39 is 0 Å². The summed E-state index contributed by atoms with van der Waals surface area (Å²) in [7, 11) is 0. The molecule has 1 fully saturated rings. The number of para-hydroxylation sites is 1. The van der Waals surface area contributed by atoms with Gasteiger partial charge in [-0.3, -0.25) is 0 Å². The van der Waals surface area contributed by atoms with Crippen molar-refractivity contribution >= 4 is 22.4 Å². The van der Waals surface area contributed by atoms with Crippen LogP contribution in [0.3, 0.4) is 0 Å². The molecule has 1 saturated heterocycles. The number of nitriles is 1. The minimum Gasteiger partial charge on any atom is -0.380 e. The van der Waals surface area contributed by atoms with Crippen LogP contribution in [0, 0.1) is 11.3 Å². The third kappa shape index (κ3) is 3.90. The van der Waals surface area contributed by atoms with Crippen LogP contribution < -0.4 is 10.2 Å². The van der Waals surface area contributed by atoms with Crippen molar-refractivity contribution < 1.29 is 0 Å². The molecule has 1 N–H and O–H groups in total. The molecule has 0 aliphatic carbocycles. The largest absolute Gasteiger partial charge is 0.380 e. The molecule has 0 unspecified atom stereocenters. The molecule has 0 amide bonds. The summed E-state index contributed by atoms with van der Waals surface area (Å²) in [5.41, 5.74) is 3.27. The van der Waals surface area contributed by atoms with Crippen LogP contribution in [0.5, 0.6) is 0 Å². The van der Waals surface area contributed by atoms with Gasteiger partial charge in [-0.2, -0.15) is 5.26 Å². The lowest BCUT2D eigenvalue weighted by atomic mass is 10.1. The van der Waals surface area contributed by atoms with Gasteiger partial charge in [0.25, 0.3) is 0 Å². The van der Waals surface area contributed by atoms with Crippen molar-refractivity contribution in [2.45, 2.75) is 13.5 Å². The van der Waals surface area contributed by atoms with E-state index in [1.54, 1.807) is 6.07 Å². The minimum atomic E-state index is 0.417. The molecule has 0 bridgehead atoms. The van der Waals surface area contributed by atoms with Gasteiger partial charge < -0.3 is 15.1 Å². The third-order valence-corrected chi connectivity index (χ3v) is 5.27. The molecule has 0 saturated carbocycles. The van der Waals surface area contributed by atoms with Crippen LogP contribution in [-0.2, 0) is 6.54 Å². The van der Waals surface area contributed by atoms with E-state index in [1.165, 1.54) is 0 Å². The Morgan fingerprint density at radius 1 is 1.11 bits per heavy atom. The van der Waals surface area contributed by atoms with Crippen LogP contribution in [0.25, 0.3) is 10.9 Å². The predicted octanol–water partition coefficient (Wildman–Crippen LogP) is 3.26. The van der Waals surface area contributed by atoms with Crippen molar-refractivity contribution in [2.75, 3.05) is 42.9 Å². The van der Waals surface area contributed by atoms with Gasteiger partial charge in [0, 0.05) is 50.0 Å². The Kier molecular flexibility index (Phi) is 5.36. The van der Waals surface area contributed by atoms with Crippen molar-refractivity contribution in [1.82, 2.24) is 14.9 Å². The number of hydrogen-bond donors (Lipinski definition) is 1. The summed E-state index contributed by atoms with van der Waals surface area (Å²) >= 11 is 0. The molecular formula is C22H24N6. The predicted molar refractivity (Wildman–Crippen MR) is 112 cm³/mol. The fourth-order valence-corrected chi connectivity index (χ4v) is 3.58. The summed E-state index contributed by atoms with van der Waals surface area (Å²) in [6, 6.07) is 16.0. The number of piperazine rings is 1. The van der Waals surface area contributed by atoms with Crippen molar-refractivity contribution in [3.05, 3.63) is 59.9 Å². The van der Waals surface area contributed by atoms with E-state index in [0.717, 1.165) is 60.7 Å². The zero-order chi connectivity index (χ0) is 19.3. The molecular weight excluding hydrogens is 348 g/mol. The number of anilines is 2. The monoisotopic (exact) mass is 372 g/mol. The molecule has 1 aliphatic heterocycles. The highest BCUT2D eigenvalue weighted by Crippen LogP contribution is 2.23. The van der Waals surface area contributed by atoms with Gasteiger partial charge in [-0.1, -0.05) is 31.2 Å². The van der Waals surface area contributed by atoms with Crippen LogP contribution in [0.4, 0.5) is 11.5 Å². The van der Waals surface area contributed by atoms with Gasteiger partial charge in [0.15, 0.2) is 0 Å². The Bertz CT molecular complexity index is 984. The summed E-state index contributed by atoms with van der Waals surface area (Å²) in [4.78, 5) is 13.8. The first kappa shape index (κ1) is 18.2. The van der Waals surface area contributed by atoms with Crippen LogP contribution in [0.15, 0.2) is 48.7 Å². The van der Waals surface area contributed by atoms with E-state index in [1.807, 2.05) is 30.5 Å². The number of nitrogens with one attached hydrogen (secondary N) is 1. The van der Waals surface area contributed by atoms with Gasteiger partial charge in [-0.15, -0.1) is 0 Å². The number of pyridine rings is 2. The maximum absolute atomic E-state index is 9.24. The number of rotatable bonds is 5. The SMILES string of the molecule is CCN1CCN(c2ccc(CNc3cc(C#N)nc4ccccc34)cn2)CC1. The second-order valence-corrected chi connectivity index (χ2v) is 6.98. The molecule has 3 heterocycles. The summed E-state index contributed by atoms with van der Waals surface area (Å²) in [6.07, 6.45) is 1.93. The smallest absolute Gasteiger partial charge is 0.143 e. The topological polar surface area (TPSA) is 68.1 Å². The molecule has 1 aliphatic rings. The normalized spacial score (nSPS) is 14.8. The van der Waals surface area contributed by atoms with Gasteiger partial charge in [-0.25, -0.2) is 9.97 Å². The molecule has 0 radical (unpaired) electrons. The van der Waals surface area contributed by atoms with Gasteiger partial charge >= 0.3 is 0 Å². The summed E-state index contributed by atoms with van der Waals surface area (Å²) in [6.45, 7) is 8.21. The van der Waals surface area contributed by atoms with Crippen LogP contribution in [0.1, 0.15) is 18.2 Å². The van der Waals surface area contributed by atoms with Crippen LogP contribution in [0.2, 0.25) is 0 Å². The highest BCUT2D eigenvalue weighted by molar-refractivity contribution is 5.91. The Morgan fingerprint density at radius 3 is 2.64 bits per heavy atom. The summed E-state index contributed by atoms with van der Waals surface area (Å²) in [5, 5.41) is 13.7. The maximum Gasteiger partial charge on any atom is 0.143 e. The van der Waals surface area contributed by atoms with Gasteiger partial charge in [0.2, 0.25) is 0 Å². The van der Waals surface area contributed by atoms with E-state index in [-0.39, 0.29) is 0 Å². The fraction of sp³-hybridized carbons (Fsp3) is 0.318. The molecule has 0 atom stereocenters. The van der Waals surface area contributed by atoms with Crippen LogP contribution in [-0.4, -0.2) is 47.6 Å². The van der Waals surface area contributed by atoms with Crippen molar-refractivity contribution in [2.24, 2.45) is 0 Å². The minimum absolute atomic E-state index is 0.417. The van der Waals surface area contributed by atoms with E-state index in [9.17, 15) is 5.26 Å². The lowest BCUT2D eigenvalue weighted by molar-refractivity contribution is 0.270. The molecule has 142 valence electrons. The van der Waals surface area contributed by atoms with Gasteiger partial charge in [0.1, 0.15) is 17.6 Å². The maximum atomic E-state index is 9.24. The number of nitrogens with zero attached hydrogens (tertiary/aromatic N) is 5. The van der Waals surface area contributed by atoms with Crippen LogP contribution >= 0.6 is 0 Å². The van der Waals surface area contributed by atoms with E-state index in [0.29, 0.717) is 12.2 Å². The second kappa shape index (κ2) is 8.24. The highest BCUT2D eigenvalue weighted by atomic mass is 15.3. The Hall–Kier alpha value is -3.17. The first-order valence-corrected chi connectivity index (χ1v) is 9.73. The molecule has 2 aromatic heterocycles. The highest BCUT2D eigenvalue weighted by Gasteiger charge is 2.16. The Morgan fingerprint density at radius 2 is 1.93 bits per heavy atom. The first-order valence-electron chi connectivity index (χ1n) is 9.73. The van der Waals surface area contributed by atoms with E-state index in [2.05, 4.69) is 50.2 Å². The number of fused-ring (bicyclic) bond motifs is 1. The second-order valence-electron chi connectivity index (χ2n) is 6.98. The first-order chi connectivity index (χ1) is 13.8. The lowest BCUT2D eigenvalue weighted by Crippen LogP contribution is -2.46. The third-order valence-electron chi connectivity index (χ3n) is 5.27. The van der Waals surface area contributed by atoms with Gasteiger partial charge in [0.05, 0.1) is 5.52 Å². The number of hydrogen-bond acceptors (Lipinski definition) is 6. The number of aromatic nitrogens is 2. The summed E-state index contributed by atoms with van der Waals surface area (Å²) < 4.78 is 0. The van der Waals surface area contributed by atoms with E-state index in [4.69, 9.17) is 0 Å². The fourth-order valence-electron chi connectivity index (χ4n) is 3.58. The number of benzene rings is 1. The van der Waals surface area contributed by atoms with Crippen molar-refractivity contribution in [3.8, 4) is 6.07 Å². The molecule has 3 aromatic rings. The molecule has 6 heteroatoms.